The summed E-state index contributed by atoms with van der Waals surface area (Å²) < 4.78 is 5.54. The van der Waals surface area contributed by atoms with Crippen molar-refractivity contribution in [3.8, 4) is 0 Å². The second-order valence-electron chi connectivity index (χ2n) is 9.03. The molecule has 2 bridgehead atoms. The Kier molecular flexibility index (Phi) is 4.11. The van der Waals surface area contributed by atoms with Crippen LogP contribution in [0.15, 0.2) is 60.7 Å². The fourth-order valence-corrected chi connectivity index (χ4v) is 6.13. The zero-order chi connectivity index (χ0) is 20.2. The summed E-state index contributed by atoms with van der Waals surface area (Å²) in [5.74, 6) is 0.330. The van der Waals surface area contributed by atoms with Crippen LogP contribution in [0.4, 0.5) is 4.79 Å². The van der Waals surface area contributed by atoms with Crippen LogP contribution < -0.4 is 5.32 Å². The molecular formula is C25H27NO3. The predicted molar refractivity (Wildman–Crippen MR) is 111 cm³/mol. The molecule has 1 unspecified atom stereocenters. The second kappa shape index (κ2) is 6.46. The average Bonchev–Trinajstić information content (AvgIpc) is 3.08. The first kappa shape index (κ1) is 18.4. The fraction of sp³-hybridized carbons (Fsp3) is 0.400. The van der Waals surface area contributed by atoms with Gasteiger partial charge in [-0.3, -0.25) is 0 Å². The summed E-state index contributed by atoms with van der Waals surface area (Å²) in [5.41, 5.74) is 4.55. The molecule has 2 fully saturated rings. The van der Waals surface area contributed by atoms with Crippen LogP contribution in [0.2, 0.25) is 0 Å². The Bertz CT molecular complexity index is 985. The normalized spacial score (nSPS) is 31.9. The molecule has 4 nitrogen and oxygen atoms in total. The van der Waals surface area contributed by atoms with Gasteiger partial charge in [-0.05, 0) is 66.4 Å². The number of rotatable bonds is 3. The summed E-state index contributed by atoms with van der Waals surface area (Å²) in [6.45, 7) is 6.55. The van der Waals surface area contributed by atoms with Crippen LogP contribution in [0.3, 0.4) is 0 Å². The first-order valence-corrected chi connectivity index (χ1v) is 10.4. The maximum atomic E-state index is 12.8. The molecule has 2 N–H and O–H groups in total. The average molecular weight is 389 g/mol. The Balaban J connectivity index is 1.46. The van der Waals surface area contributed by atoms with Gasteiger partial charge in [-0.2, -0.15) is 0 Å². The van der Waals surface area contributed by atoms with Crippen LogP contribution in [0.25, 0.3) is 0 Å². The molecule has 29 heavy (non-hydrogen) atoms. The standard InChI is InChI=1S/C25H27NO3/c1-16-7-6-10-19-20-11-12-25(28)15-24(20,13-17(25)2)22(21(16)19)26-23(27)29-14-18-8-4-3-5-9-18/h3-10,20,22,28H,2,11-15H2,1H3,(H,26,27)/t20-,22-,24-,25?/m0/s1. The number of benzene rings is 2. The molecule has 3 aliphatic carbocycles. The van der Waals surface area contributed by atoms with Crippen molar-refractivity contribution < 1.29 is 14.6 Å². The van der Waals surface area contributed by atoms with E-state index in [0.717, 1.165) is 30.4 Å². The molecule has 1 amide bonds. The first-order valence-electron chi connectivity index (χ1n) is 10.4. The van der Waals surface area contributed by atoms with E-state index in [4.69, 9.17) is 4.74 Å². The number of hydrogen-bond donors (Lipinski definition) is 2. The number of carbonyl (C=O) groups is 1. The maximum Gasteiger partial charge on any atom is 0.407 e. The predicted octanol–water partition coefficient (Wildman–Crippen LogP) is 4.92. The van der Waals surface area contributed by atoms with Gasteiger partial charge in [-0.25, -0.2) is 4.79 Å². The number of aryl methyl sites for hydroxylation is 1. The van der Waals surface area contributed by atoms with Gasteiger partial charge in [0.25, 0.3) is 0 Å². The Hall–Kier alpha value is -2.59. The van der Waals surface area contributed by atoms with E-state index in [1.807, 2.05) is 30.3 Å². The van der Waals surface area contributed by atoms with Gasteiger partial charge in [0.2, 0.25) is 0 Å². The zero-order valence-electron chi connectivity index (χ0n) is 16.8. The minimum atomic E-state index is -0.805. The van der Waals surface area contributed by atoms with Gasteiger partial charge < -0.3 is 15.2 Å². The molecule has 0 aliphatic heterocycles. The molecule has 150 valence electrons. The van der Waals surface area contributed by atoms with Crippen molar-refractivity contribution in [2.24, 2.45) is 5.41 Å². The lowest BCUT2D eigenvalue weighted by molar-refractivity contribution is 0.00135. The molecule has 4 atom stereocenters. The Morgan fingerprint density at radius 2 is 2.03 bits per heavy atom. The molecule has 2 aromatic carbocycles. The summed E-state index contributed by atoms with van der Waals surface area (Å²) in [4.78, 5) is 12.8. The van der Waals surface area contributed by atoms with Crippen molar-refractivity contribution in [3.63, 3.8) is 0 Å². The van der Waals surface area contributed by atoms with Crippen LogP contribution in [0, 0.1) is 12.3 Å². The first-order chi connectivity index (χ1) is 13.9. The molecule has 1 spiro atoms. The summed E-state index contributed by atoms with van der Waals surface area (Å²) in [6, 6.07) is 15.9. The SMILES string of the molecule is C=C1C[C@]23CC1(O)CC[C@H]2c1cccc(C)c1[C@@H]3NC(=O)OCc1ccccc1. The van der Waals surface area contributed by atoms with E-state index in [1.54, 1.807) is 0 Å². The third kappa shape index (κ3) is 2.73. The fourth-order valence-electron chi connectivity index (χ4n) is 6.13. The number of amides is 1. The minimum Gasteiger partial charge on any atom is -0.445 e. The van der Waals surface area contributed by atoms with E-state index in [9.17, 15) is 9.90 Å². The molecule has 2 aromatic rings. The van der Waals surface area contributed by atoms with E-state index in [2.05, 4.69) is 37.0 Å². The molecule has 4 heteroatoms. The number of alkyl carbamates (subject to hydrolysis) is 1. The van der Waals surface area contributed by atoms with Gasteiger partial charge in [0.15, 0.2) is 0 Å². The van der Waals surface area contributed by atoms with Crippen molar-refractivity contribution in [1.29, 1.82) is 0 Å². The third-order valence-corrected chi connectivity index (χ3v) is 7.43. The monoisotopic (exact) mass is 389 g/mol. The number of hydrogen-bond acceptors (Lipinski definition) is 3. The summed E-state index contributed by atoms with van der Waals surface area (Å²) >= 11 is 0. The lowest BCUT2D eigenvalue weighted by Crippen LogP contribution is -2.43. The number of carbonyl (C=O) groups excluding carboxylic acids is 1. The van der Waals surface area contributed by atoms with Crippen LogP contribution in [0.1, 0.15) is 59.9 Å². The Labute approximate surface area is 171 Å². The van der Waals surface area contributed by atoms with Crippen LogP contribution in [-0.2, 0) is 11.3 Å². The zero-order valence-corrected chi connectivity index (χ0v) is 16.8. The maximum absolute atomic E-state index is 12.8. The topological polar surface area (TPSA) is 58.6 Å². The third-order valence-electron chi connectivity index (χ3n) is 7.43. The number of ether oxygens (including phenoxy) is 1. The highest BCUT2D eigenvalue weighted by molar-refractivity contribution is 5.69. The quantitative estimate of drug-likeness (QED) is 0.733. The highest BCUT2D eigenvalue weighted by Gasteiger charge is 2.64. The Morgan fingerprint density at radius 3 is 2.83 bits per heavy atom. The second-order valence-corrected chi connectivity index (χ2v) is 9.03. The van der Waals surface area contributed by atoms with Crippen molar-refractivity contribution in [2.45, 2.75) is 56.8 Å². The van der Waals surface area contributed by atoms with Gasteiger partial charge in [0.1, 0.15) is 6.61 Å². The van der Waals surface area contributed by atoms with Gasteiger partial charge in [-0.15, -0.1) is 0 Å². The molecule has 5 rings (SSSR count). The van der Waals surface area contributed by atoms with E-state index >= 15 is 0 Å². The lowest BCUT2D eigenvalue weighted by atomic mass is 9.65. The number of fused-ring (bicyclic) bond motifs is 3. The van der Waals surface area contributed by atoms with Crippen LogP contribution in [0.5, 0.6) is 0 Å². The van der Waals surface area contributed by atoms with E-state index in [0.29, 0.717) is 12.3 Å². The van der Waals surface area contributed by atoms with E-state index in [-0.39, 0.29) is 18.1 Å². The van der Waals surface area contributed by atoms with E-state index < -0.39 is 11.7 Å². The van der Waals surface area contributed by atoms with Gasteiger partial charge in [0.05, 0.1) is 11.6 Å². The molecule has 2 saturated carbocycles. The molecule has 0 heterocycles. The summed E-state index contributed by atoms with van der Waals surface area (Å²) in [5, 5.41) is 14.3. The molecule has 0 saturated heterocycles. The van der Waals surface area contributed by atoms with Crippen LogP contribution >= 0.6 is 0 Å². The largest absolute Gasteiger partial charge is 0.445 e. The number of nitrogens with one attached hydrogen (secondary N) is 1. The highest BCUT2D eigenvalue weighted by Crippen LogP contribution is 2.70. The van der Waals surface area contributed by atoms with Crippen molar-refractivity contribution in [3.05, 3.63) is 82.9 Å². The van der Waals surface area contributed by atoms with Gasteiger partial charge in [0, 0.05) is 5.41 Å². The van der Waals surface area contributed by atoms with Gasteiger partial charge in [-0.1, -0.05) is 55.1 Å². The minimum absolute atomic E-state index is 0.168. The molecule has 0 aromatic heterocycles. The van der Waals surface area contributed by atoms with Crippen molar-refractivity contribution in [1.82, 2.24) is 5.32 Å². The van der Waals surface area contributed by atoms with Crippen LogP contribution in [-0.4, -0.2) is 16.8 Å². The summed E-state index contributed by atoms with van der Waals surface area (Å²) in [6.07, 6.45) is 2.66. The van der Waals surface area contributed by atoms with E-state index in [1.165, 1.54) is 16.7 Å². The molecule has 0 radical (unpaired) electrons. The van der Waals surface area contributed by atoms with Crippen molar-refractivity contribution >= 4 is 6.09 Å². The Morgan fingerprint density at radius 1 is 1.24 bits per heavy atom. The lowest BCUT2D eigenvalue weighted by Gasteiger charge is -2.42. The smallest absolute Gasteiger partial charge is 0.407 e. The molecule has 3 aliphatic rings. The number of aliphatic hydroxyl groups is 1. The molecular weight excluding hydrogens is 362 g/mol. The van der Waals surface area contributed by atoms with Crippen molar-refractivity contribution in [2.75, 3.05) is 0 Å². The summed E-state index contributed by atoms with van der Waals surface area (Å²) in [7, 11) is 0. The van der Waals surface area contributed by atoms with Gasteiger partial charge >= 0.3 is 6.09 Å². The highest BCUT2D eigenvalue weighted by atomic mass is 16.5.